The molecule has 100 valence electrons. The van der Waals surface area contributed by atoms with Crippen LogP contribution in [-0.4, -0.2) is 30.1 Å². The summed E-state index contributed by atoms with van der Waals surface area (Å²) in [4.78, 5) is 12.1. The fraction of sp³-hybridized carbons (Fsp3) is 0.615. The van der Waals surface area contributed by atoms with Crippen molar-refractivity contribution in [1.29, 1.82) is 0 Å². The Hall–Kier alpha value is -1.00. The van der Waals surface area contributed by atoms with Gasteiger partial charge in [-0.2, -0.15) is 0 Å². The average Bonchev–Trinajstić information content (AvgIpc) is 2.96. The lowest BCUT2D eigenvalue weighted by atomic mass is 10.1. The number of amides is 1. The first kappa shape index (κ1) is 13.4. The van der Waals surface area contributed by atoms with E-state index in [1.54, 1.807) is 6.07 Å². The molecule has 1 aliphatic heterocycles. The van der Waals surface area contributed by atoms with Crippen LogP contribution in [0.15, 0.2) is 12.3 Å². The Morgan fingerprint density at radius 1 is 1.67 bits per heavy atom. The summed E-state index contributed by atoms with van der Waals surface area (Å²) in [5.74, 6) is 0.529. The van der Waals surface area contributed by atoms with Crippen LogP contribution >= 0.6 is 11.6 Å². The SMILES string of the molecule is CCCn1cc(Cl)cc1C(=O)NCC1CCNC1. The van der Waals surface area contributed by atoms with Crippen LogP contribution in [0.3, 0.4) is 0 Å². The summed E-state index contributed by atoms with van der Waals surface area (Å²) < 4.78 is 1.92. The highest BCUT2D eigenvalue weighted by atomic mass is 35.5. The van der Waals surface area contributed by atoms with Crippen molar-refractivity contribution in [3.05, 3.63) is 23.0 Å². The fourth-order valence-electron chi connectivity index (χ4n) is 2.31. The van der Waals surface area contributed by atoms with E-state index in [-0.39, 0.29) is 5.91 Å². The highest BCUT2D eigenvalue weighted by molar-refractivity contribution is 6.31. The third-order valence-corrected chi connectivity index (χ3v) is 3.48. The van der Waals surface area contributed by atoms with Crippen molar-refractivity contribution in [3.8, 4) is 0 Å². The quantitative estimate of drug-likeness (QED) is 0.858. The number of halogens is 1. The van der Waals surface area contributed by atoms with Gasteiger partial charge in [-0.1, -0.05) is 18.5 Å². The second kappa shape index (κ2) is 6.25. The van der Waals surface area contributed by atoms with Gasteiger partial charge < -0.3 is 15.2 Å². The molecule has 1 amide bonds. The number of hydrogen-bond donors (Lipinski definition) is 2. The van der Waals surface area contributed by atoms with E-state index in [0.29, 0.717) is 16.6 Å². The summed E-state index contributed by atoms with van der Waals surface area (Å²) in [6.07, 6.45) is 3.94. The van der Waals surface area contributed by atoms with Crippen LogP contribution in [0, 0.1) is 5.92 Å². The molecule has 0 spiro atoms. The Bertz CT molecular complexity index is 410. The van der Waals surface area contributed by atoms with E-state index in [0.717, 1.165) is 39.0 Å². The second-order valence-corrected chi connectivity index (χ2v) is 5.24. The van der Waals surface area contributed by atoms with Gasteiger partial charge in [-0.15, -0.1) is 0 Å². The summed E-state index contributed by atoms with van der Waals surface area (Å²) in [6.45, 7) is 5.69. The minimum Gasteiger partial charge on any atom is -0.350 e. The normalized spacial score (nSPS) is 19.1. The Morgan fingerprint density at radius 2 is 2.50 bits per heavy atom. The Balaban J connectivity index is 1.94. The highest BCUT2D eigenvalue weighted by Gasteiger charge is 2.17. The molecule has 5 heteroatoms. The summed E-state index contributed by atoms with van der Waals surface area (Å²) in [6, 6.07) is 1.74. The van der Waals surface area contributed by atoms with Crippen molar-refractivity contribution in [1.82, 2.24) is 15.2 Å². The first-order valence-corrected chi connectivity index (χ1v) is 6.93. The third kappa shape index (κ3) is 3.27. The number of aromatic nitrogens is 1. The lowest BCUT2D eigenvalue weighted by Gasteiger charge is -2.11. The standard InChI is InChI=1S/C13H20ClN3O/c1-2-5-17-9-11(14)6-12(17)13(18)16-8-10-3-4-15-7-10/h6,9-10,15H,2-5,7-8H2,1H3,(H,16,18). The molecule has 1 saturated heterocycles. The van der Waals surface area contributed by atoms with E-state index >= 15 is 0 Å². The second-order valence-electron chi connectivity index (χ2n) is 4.81. The molecule has 2 rings (SSSR count). The average molecular weight is 270 g/mol. The minimum atomic E-state index is -0.0257. The number of nitrogens with one attached hydrogen (secondary N) is 2. The first-order valence-electron chi connectivity index (χ1n) is 6.55. The predicted molar refractivity (Wildman–Crippen MR) is 73.0 cm³/mol. The molecule has 0 bridgehead atoms. The zero-order valence-corrected chi connectivity index (χ0v) is 11.5. The molecule has 1 unspecified atom stereocenters. The van der Waals surface area contributed by atoms with Crippen molar-refractivity contribution in [2.24, 2.45) is 5.92 Å². The molecule has 1 atom stereocenters. The summed E-state index contributed by atoms with van der Waals surface area (Å²) >= 11 is 5.96. The molecule has 4 nitrogen and oxygen atoms in total. The van der Waals surface area contributed by atoms with Crippen molar-refractivity contribution < 1.29 is 4.79 Å². The van der Waals surface area contributed by atoms with Gasteiger partial charge in [0.05, 0.1) is 5.02 Å². The Kier molecular flexibility index (Phi) is 4.66. The van der Waals surface area contributed by atoms with Crippen LogP contribution in [0.2, 0.25) is 5.02 Å². The molecule has 0 aromatic carbocycles. The topological polar surface area (TPSA) is 46.1 Å². The number of carbonyl (C=O) groups is 1. The van der Waals surface area contributed by atoms with Crippen molar-refractivity contribution >= 4 is 17.5 Å². The lowest BCUT2D eigenvalue weighted by Crippen LogP contribution is -2.31. The molecule has 1 aromatic rings. The largest absolute Gasteiger partial charge is 0.350 e. The highest BCUT2D eigenvalue weighted by Crippen LogP contribution is 2.15. The number of hydrogen-bond acceptors (Lipinski definition) is 2. The summed E-state index contributed by atoms with van der Waals surface area (Å²) in [5.41, 5.74) is 0.660. The number of aryl methyl sites for hydroxylation is 1. The van der Waals surface area contributed by atoms with E-state index in [9.17, 15) is 4.79 Å². The van der Waals surface area contributed by atoms with Gasteiger partial charge in [-0.05, 0) is 37.9 Å². The van der Waals surface area contributed by atoms with Gasteiger partial charge in [-0.25, -0.2) is 0 Å². The van der Waals surface area contributed by atoms with Crippen LogP contribution in [0.5, 0.6) is 0 Å². The molecule has 2 N–H and O–H groups in total. The van der Waals surface area contributed by atoms with Crippen molar-refractivity contribution in [3.63, 3.8) is 0 Å². The van der Waals surface area contributed by atoms with E-state index in [1.807, 2.05) is 10.8 Å². The smallest absolute Gasteiger partial charge is 0.267 e. The van der Waals surface area contributed by atoms with Crippen LogP contribution in [0.1, 0.15) is 30.3 Å². The molecule has 0 aliphatic carbocycles. The predicted octanol–water partition coefficient (Wildman–Crippen LogP) is 1.89. The van der Waals surface area contributed by atoms with Gasteiger partial charge in [0.2, 0.25) is 0 Å². The van der Waals surface area contributed by atoms with Gasteiger partial charge in [0.1, 0.15) is 5.69 Å². The molecular weight excluding hydrogens is 250 g/mol. The number of rotatable bonds is 5. The molecule has 1 aliphatic rings. The van der Waals surface area contributed by atoms with Gasteiger partial charge in [0.15, 0.2) is 0 Å². The maximum Gasteiger partial charge on any atom is 0.267 e. The van der Waals surface area contributed by atoms with Crippen LogP contribution in [-0.2, 0) is 6.54 Å². The van der Waals surface area contributed by atoms with E-state index in [1.165, 1.54) is 0 Å². The zero-order chi connectivity index (χ0) is 13.0. The maximum atomic E-state index is 12.1. The third-order valence-electron chi connectivity index (χ3n) is 3.27. The monoisotopic (exact) mass is 269 g/mol. The molecule has 0 radical (unpaired) electrons. The summed E-state index contributed by atoms with van der Waals surface area (Å²) in [5, 5.41) is 6.91. The molecule has 1 fully saturated rings. The molecular formula is C13H20ClN3O. The minimum absolute atomic E-state index is 0.0257. The Labute approximate surface area is 113 Å². The number of carbonyl (C=O) groups excluding carboxylic acids is 1. The molecule has 2 heterocycles. The first-order chi connectivity index (χ1) is 8.70. The van der Waals surface area contributed by atoms with Gasteiger partial charge in [-0.3, -0.25) is 4.79 Å². The van der Waals surface area contributed by atoms with Crippen LogP contribution in [0.25, 0.3) is 0 Å². The van der Waals surface area contributed by atoms with Gasteiger partial charge in [0, 0.05) is 19.3 Å². The van der Waals surface area contributed by atoms with Crippen molar-refractivity contribution in [2.45, 2.75) is 26.3 Å². The maximum absolute atomic E-state index is 12.1. The Morgan fingerprint density at radius 3 is 3.17 bits per heavy atom. The molecule has 0 saturated carbocycles. The number of nitrogens with zero attached hydrogens (tertiary/aromatic N) is 1. The van der Waals surface area contributed by atoms with Crippen LogP contribution in [0.4, 0.5) is 0 Å². The summed E-state index contributed by atoms with van der Waals surface area (Å²) in [7, 11) is 0. The zero-order valence-electron chi connectivity index (χ0n) is 10.7. The molecule has 1 aromatic heterocycles. The van der Waals surface area contributed by atoms with E-state index in [4.69, 9.17) is 11.6 Å². The fourth-order valence-corrected chi connectivity index (χ4v) is 2.53. The molecule has 18 heavy (non-hydrogen) atoms. The van der Waals surface area contributed by atoms with Gasteiger partial charge in [0.25, 0.3) is 5.91 Å². The van der Waals surface area contributed by atoms with Crippen LogP contribution < -0.4 is 10.6 Å². The van der Waals surface area contributed by atoms with E-state index in [2.05, 4.69) is 17.6 Å². The van der Waals surface area contributed by atoms with Gasteiger partial charge >= 0.3 is 0 Å². The lowest BCUT2D eigenvalue weighted by molar-refractivity contribution is 0.0939. The van der Waals surface area contributed by atoms with E-state index < -0.39 is 0 Å². The van der Waals surface area contributed by atoms with Crippen molar-refractivity contribution in [2.75, 3.05) is 19.6 Å².